The van der Waals surface area contributed by atoms with Gasteiger partial charge in [0.15, 0.2) is 0 Å². The average molecular weight is 403 g/mol. The highest BCUT2D eigenvalue weighted by molar-refractivity contribution is 5.63. The highest BCUT2D eigenvalue weighted by Gasteiger charge is 2.40. The fraction of sp³-hybridized carbons (Fsp3) is 0.286. The van der Waals surface area contributed by atoms with Gasteiger partial charge in [0, 0.05) is 36.8 Å². The Labute approximate surface area is 166 Å². The Morgan fingerprint density at radius 2 is 1.48 bits per heavy atom. The van der Waals surface area contributed by atoms with Crippen LogP contribution in [0.1, 0.15) is 25.1 Å². The molecule has 0 fully saturated rings. The quantitative estimate of drug-likeness (QED) is 0.581. The first-order valence-corrected chi connectivity index (χ1v) is 8.89. The van der Waals surface area contributed by atoms with Crippen LogP contribution < -0.4 is 4.74 Å². The first-order chi connectivity index (χ1) is 13.8. The number of aromatic nitrogens is 3. The Morgan fingerprint density at radius 3 is 1.97 bits per heavy atom. The van der Waals surface area contributed by atoms with Crippen LogP contribution in [0.3, 0.4) is 0 Å². The first-order valence-electron chi connectivity index (χ1n) is 8.89. The molecule has 0 aliphatic carbocycles. The number of rotatable bonds is 6. The molecule has 29 heavy (non-hydrogen) atoms. The van der Waals surface area contributed by atoms with Crippen molar-refractivity contribution < 1.29 is 22.6 Å². The maximum atomic E-state index is 12.3. The van der Waals surface area contributed by atoms with Crippen LogP contribution in [-0.2, 0) is 10.3 Å². The van der Waals surface area contributed by atoms with Crippen LogP contribution in [0.5, 0.6) is 5.75 Å². The van der Waals surface area contributed by atoms with E-state index in [2.05, 4.69) is 19.7 Å². The van der Waals surface area contributed by atoms with E-state index in [-0.39, 0.29) is 11.7 Å². The molecule has 152 valence electrons. The van der Waals surface area contributed by atoms with Gasteiger partial charge in [-0.3, -0.25) is 4.98 Å². The van der Waals surface area contributed by atoms with Crippen molar-refractivity contribution in [2.45, 2.75) is 25.8 Å². The smallest absolute Gasteiger partial charge is 0.406 e. The molecule has 1 atom stereocenters. The highest BCUT2D eigenvalue weighted by atomic mass is 19.4. The van der Waals surface area contributed by atoms with Gasteiger partial charge in [0.2, 0.25) is 0 Å². The number of hydrogen-bond acceptors (Lipinski definition) is 5. The minimum absolute atomic E-state index is 0.0376. The molecule has 2 heterocycles. The van der Waals surface area contributed by atoms with Crippen molar-refractivity contribution in [1.82, 2.24) is 15.0 Å². The molecule has 1 aromatic carbocycles. The SMILES string of the molecule is COC(c1cncnc1)(c1ccc(-c2ccc(OC(F)(F)F)cc2)cn1)C(C)C. The van der Waals surface area contributed by atoms with Crippen LogP contribution in [-0.4, -0.2) is 28.4 Å². The van der Waals surface area contributed by atoms with Gasteiger partial charge in [-0.2, -0.15) is 0 Å². The molecule has 0 bridgehead atoms. The van der Waals surface area contributed by atoms with Crippen LogP contribution in [0.25, 0.3) is 11.1 Å². The van der Waals surface area contributed by atoms with Crippen molar-refractivity contribution in [1.29, 1.82) is 0 Å². The van der Waals surface area contributed by atoms with Gasteiger partial charge in [0.25, 0.3) is 0 Å². The summed E-state index contributed by atoms with van der Waals surface area (Å²) in [7, 11) is 1.61. The Bertz CT molecular complexity index is 930. The third-order valence-electron chi connectivity index (χ3n) is 4.69. The normalized spacial score (nSPS) is 13.9. The molecule has 0 spiro atoms. The van der Waals surface area contributed by atoms with Crippen molar-refractivity contribution in [2.24, 2.45) is 5.92 Å². The van der Waals surface area contributed by atoms with Crippen LogP contribution in [0.4, 0.5) is 13.2 Å². The average Bonchev–Trinajstić information content (AvgIpc) is 2.69. The fourth-order valence-electron chi connectivity index (χ4n) is 3.36. The maximum Gasteiger partial charge on any atom is 0.573 e. The molecule has 1 unspecified atom stereocenters. The van der Waals surface area contributed by atoms with Gasteiger partial charge in [-0.05, 0) is 29.7 Å². The Morgan fingerprint density at radius 1 is 0.862 bits per heavy atom. The van der Waals surface area contributed by atoms with E-state index in [4.69, 9.17) is 4.74 Å². The van der Waals surface area contributed by atoms with Gasteiger partial charge in [-0.1, -0.05) is 32.0 Å². The number of halogens is 3. The Balaban J connectivity index is 1.92. The van der Waals surface area contributed by atoms with E-state index in [0.717, 1.165) is 11.1 Å². The summed E-state index contributed by atoms with van der Waals surface area (Å²) in [4.78, 5) is 12.8. The summed E-state index contributed by atoms with van der Waals surface area (Å²) in [6.45, 7) is 4.04. The molecule has 3 aromatic rings. The minimum atomic E-state index is -4.72. The third-order valence-corrected chi connectivity index (χ3v) is 4.69. The summed E-state index contributed by atoms with van der Waals surface area (Å²) in [5.41, 5.74) is 2.11. The molecule has 0 aliphatic heterocycles. The van der Waals surface area contributed by atoms with Crippen LogP contribution >= 0.6 is 0 Å². The summed E-state index contributed by atoms with van der Waals surface area (Å²) in [6.07, 6.45) is 1.80. The number of benzene rings is 1. The molecule has 0 aliphatic rings. The zero-order valence-corrected chi connectivity index (χ0v) is 16.1. The Kier molecular flexibility index (Phi) is 5.83. The topological polar surface area (TPSA) is 57.1 Å². The molecule has 0 saturated carbocycles. The number of alkyl halides is 3. The summed E-state index contributed by atoms with van der Waals surface area (Å²) in [5.74, 6) is -0.233. The summed E-state index contributed by atoms with van der Waals surface area (Å²) < 4.78 is 46.7. The van der Waals surface area contributed by atoms with Crippen molar-refractivity contribution in [3.8, 4) is 16.9 Å². The van der Waals surface area contributed by atoms with E-state index in [9.17, 15) is 13.2 Å². The van der Waals surface area contributed by atoms with Crippen molar-refractivity contribution >= 4 is 0 Å². The van der Waals surface area contributed by atoms with Crippen molar-refractivity contribution in [3.05, 3.63) is 72.6 Å². The molecule has 3 rings (SSSR count). The molecule has 0 N–H and O–H groups in total. The number of nitrogens with zero attached hydrogens (tertiary/aromatic N) is 3. The van der Waals surface area contributed by atoms with Crippen molar-refractivity contribution in [3.63, 3.8) is 0 Å². The number of ether oxygens (including phenoxy) is 2. The lowest BCUT2D eigenvalue weighted by Gasteiger charge is -2.35. The van der Waals surface area contributed by atoms with E-state index >= 15 is 0 Å². The fourth-order valence-corrected chi connectivity index (χ4v) is 3.36. The van der Waals surface area contributed by atoms with E-state index in [1.165, 1.54) is 18.5 Å². The summed E-state index contributed by atoms with van der Waals surface area (Å²) >= 11 is 0. The second kappa shape index (κ2) is 8.16. The van der Waals surface area contributed by atoms with E-state index in [1.54, 1.807) is 37.8 Å². The van der Waals surface area contributed by atoms with Gasteiger partial charge in [0.05, 0.1) is 5.69 Å². The van der Waals surface area contributed by atoms with Gasteiger partial charge in [-0.25, -0.2) is 9.97 Å². The molecule has 0 amide bonds. The van der Waals surface area contributed by atoms with Gasteiger partial charge in [0.1, 0.15) is 17.7 Å². The zero-order chi connectivity index (χ0) is 21.1. The second-order valence-electron chi connectivity index (χ2n) is 6.73. The number of hydrogen-bond donors (Lipinski definition) is 0. The zero-order valence-electron chi connectivity index (χ0n) is 16.1. The first kappa shape index (κ1) is 20.7. The molecule has 0 saturated heterocycles. The summed E-state index contributed by atoms with van der Waals surface area (Å²) in [5, 5.41) is 0. The van der Waals surface area contributed by atoms with Crippen LogP contribution in [0.2, 0.25) is 0 Å². The molecule has 5 nitrogen and oxygen atoms in total. The number of methoxy groups -OCH3 is 1. The lowest BCUT2D eigenvalue weighted by molar-refractivity contribution is -0.274. The minimum Gasteiger partial charge on any atom is -0.406 e. The lowest BCUT2D eigenvalue weighted by Crippen LogP contribution is -2.37. The molecular formula is C21H20F3N3O2. The largest absolute Gasteiger partial charge is 0.573 e. The van der Waals surface area contributed by atoms with Crippen LogP contribution in [0.15, 0.2) is 61.3 Å². The van der Waals surface area contributed by atoms with Crippen molar-refractivity contribution in [2.75, 3.05) is 7.11 Å². The standard InChI is InChI=1S/C21H20F3N3O2/c1-14(2)20(28-3,17-11-25-13-26-12-17)19-9-6-16(10-27-19)15-4-7-18(8-5-15)29-21(22,23)24/h4-14H,1-3H3. The van der Waals surface area contributed by atoms with Gasteiger partial charge in [-0.15, -0.1) is 13.2 Å². The molecular weight excluding hydrogens is 383 g/mol. The van der Waals surface area contributed by atoms with Gasteiger partial charge >= 0.3 is 6.36 Å². The molecule has 0 radical (unpaired) electrons. The van der Waals surface area contributed by atoms with E-state index in [0.29, 0.717) is 11.3 Å². The van der Waals surface area contributed by atoms with E-state index in [1.807, 2.05) is 26.0 Å². The molecule has 2 aromatic heterocycles. The monoisotopic (exact) mass is 403 g/mol. The maximum absolute atomic E-state index is 12.3. The third kappa shape index (κ3) is 4.37. The predicted molar refractivity (Wildman–Crippen MR) is 101 cm³/mol. The van der Waals surface area contributed by atoms with E-state index < -0.39 is 12.0 Å². The summed E-state index contributed by atoms with van der Waals surface area (Å²) in [6, 6.07) is 9.33. The Hall–Kier alpha value is -3.00. The highest BCUT2D eigenvalue weighted by Crippen LogP contribution is 2.39. The molecule has 8 heteroatoms. The second-order valence-corrected chi connectivity index (χ2v) is 6.73. The lowest BCUT2D eigenvalue weighted by atomic mass is 9.81. The van der Waals surface area contributed by atoms with Crippen LogP contribution in [0, 0.1) is 5.92 Å². The van der Waals surface area contributed by atoms with Gasteiger partial charge < -0.3 is 9.47 Å². The number of pyridine rings is 1. The predicted octanol–water partition coefficient (Wildman–Crippen LogP) is 4.98.